The zero-order chi connectivity index (χ0) is 21.3. The monoisotopic (exact) mass is 564 g/mol. The summed E-state index contributed by atoms with van der Waals surface area (Å²) in [6.07, 6.45) is 6.36. The van der Waals surface area contributed by atoms with Gasteiger partial charge in [-0.25, -0.2) is 0 Å². The van der Waals surface area contributed by atoms with Crippen LogP contribution in [0.3, 0.4) is 0 Å². The SMILES string of the molecule is CN=C(NCc1ccccc1Cn1cccn1)NCC1CCCN(Cc2cccs2)C1.I. The first-order chi connectivity index (χ1) is 15.3. The van der Waals surface area contributed by atoms with Crippen LogP contribution in [0.15, 0.2) is 65.2 Å². The highest BCUT2D eigenvalue weighted by Crippen LogP contribution is 2.20. The van der Waals surface area contributed by atoms with Crippen molar-refractivity contribution in [2.75, 3.05) is 26.7 Å². The van der Waals surface area contributed by atoms with Gasteiger partial charge < -0.3 is 10.6 Å². The molecule has 0 saturated carbocycles. The van der Waals surface area contributed by atoms with Gasteiger partial charge in [0.25, 0.3) is 0 Å². The fourth-order valence-corrected chi connectivity index (χ4v) is 4.92. The summed E-state index contributed by atoms with van der Waals surface area (Å²) < 4.78 is 1.96. The largest absolute Gasteiger partial charge is 0.356 e. The average Bonchev–Trinajstić information content (AvgIpc) is 3.50. The number of aromatic nitrogens is 2. The van der Waals surface area contributed by atoms with Gasteiger partial charge in [0.2, 0.25) is 0 Å². The van der Waals surface area contributed by atoms with Gasteiger partial charge in [-0.2, -0.15) is 5.10 Å². The number of aliphatic imine (C=N–C) groups is 1. The second-order valence-electron chi connectivity index (χ2n) is 8.10. The summed E-state index contributed by atoms with van der Waals surface area (Å²) in [5, 5.41) is 13.5. The number of nitrogens with zero attached hydrogens (tertiary/aromatic N) is 4. The van der Waals surface area contributed by atoms with E-state index >= 15 is 0 Å². The van der Waals surface area contributed by atoms with Crippen LogP contribution in [0.2, 0.25) is 0 Å². The maximum absolute atomic E-state index is 4.44. The van der Waals surface area contributed by atoms with Gasteiger partial charge in [0.1, 0.15) is 0 Å². The fraction of sp³-hybridized carbons (Fsp3) is 0.417. The Balaban J connectivity index is 0.00000289. The van der Waals surface area contributed by atoms with E-state index in [1.807, 2.05) is 41.5 Å². The third-order valence-corrected chi connectivity index (χ3v) is 6.66. The number of benzene rings is 1. The standard InChI is InChI=1S/C24H32N6S.HI/c1-25-24(26-15-20-7-4-12-29(17-20)19-23-10-5-14-31-23)27-16-21-8-2-3-9-22(21)18-30-13-6-11-28-30;/h2-3,5-6,8-11,13-14,20H,4,7,12,15-19H2,1H3,(H2,25,26,27);1H. The van der Waals surface area contributed by atoms with Crippen molar-refractivity contribution in [1.29, 1.82) is 0 Å². The Morgan fingerprint density at radius 1 is 1.12 bits per heavy atom. The van der Waals surface area contributed by atoms with E-state index < -0.39 is 0 Å². The lowest BCUT2D eigenvalue weighted by molar-refractivity contribution is 0.169. The Kier molecular flexibility index (Phi) is 10.0. The highest BCUT2D eigenvalue weighted by Gasteiger charge is 2.20. The summed E-state index contributed by atoms with van der Waals surface area (Å²) in [4.78, 5) is 8.48. The molecule has 1 saturated heterocycles. The summed E-state index contributed by atoms with van der Waals surface area (Å²) in [6, 6.07) is 14.8. The van der Waals surface area contributed by atoms with Crippen molar-refractivity contribution in [3.05, 3.63) is 76.2 Å². The van der Waals surface area contributed by atoms with Crippen LogP contribution >= 0.6 is 35.3 Å². The van der Waals surface area contributed by atoms with Crippen molar-refractivity contribution in [3.63, 3.8) is 0 Å². The first-order valence-electron chi connectivity index (χ1n) is 11.0. The molecule has 32 heavy (non-hydrogen) atoms. The second-order valence-corrected chi connectivity index (χ2v) is 9.13. The maximum atomic E-state index is 4.44. The first kappa shape index (κ1) is 24.7. The smallest absolute Gasteiger partial charge is 0.191 e. The molecule has 0 spiro atoms. The van der Waals surface area contributed by atoms with Crippen LogP contribution in [-0.2, 0) is 19.6 Å². The Morgan fingerprint density at radius 3 is 2.75 bits per heavy atom. The van der Waals surface area contributed by atoms with E-state index in [-0.39, 0.29) is 24.0 Å². The van der Waals surface area contributed by atoms with Crippen LogP contribution in [0.1, 0.15) is 28.8 Å². The van der Waals surface area contributed by atoms with Crippen LogP contribution in [0.25, 0.3) is 0 Å². The number of nitrogens with one attached hydrogen (secondary N) is 2. The molecule has 1 atom stereocenters. The first-order valence-corrected chi connectivity index (χ1v) is 11.9. The number of guanidine groups is 1. The third-order valence-electron chi connectivity index (χ3n) is 5.80. The van der Waals surface area contributed by atoms with Gasteiger partial charge in [0, 0.05) is 50.5 Å². The Morgan fingerprint density at radius 2 is 2.00 bits per heavy atom. The summed E-state index contributed by atoms with van der Waals surface area (Å²) in [5.41, 5.74) is 2.53. The summed E-state index contributed by atoms with van der Waals surface area (Å²) in [7, 11) is 1.84. The molecule has 0 aliphatic carbocycles. The van der Waals surface area contributed by atoms with E-state index in [9.17, 15) is 0 Å². The molecule has 1 aliphatic rings. The predicted molar refractivity (Wildman–Crippen MR) is 144 cm³/mol. The van der Waals surface area contributed by atoms with Crippen molar-refractivity contribution in [3.8, 4) is 0 Å². The van der Waals surface area contributed by atoms with Crippen LogP contribution in [-0.4, -0.2) is 47.3 Å². The Labute approximate surface area is 212 Å². The molecule has 2 N–H and O–H groups in total. The quantitative estimate of drug-likeness (QED) is 0.245. The third kappa shape index (κ3) is 7.31. The molecule has 1 aliphatic heterocycles. The number of halogens is 1. The van der Waals surface area contributed by atoms with E-state index in [1.54, 1.807) is 0 Å². The number of likely N-dealkylation sites (tertiary alicyclic amines) is 1. The molecular formula is C24H33IN6S. The van der Waals surface area contributed by atoms with Crippen LogP contribution in [0.4, 0.5) is 0 Å². The topological polar surface area (TPSA) is 57.5 Å². The summed E-state index contributed by atoms with van der Waals surface area (Å²) >= 11 is 1.85. The molecule has 8 heteroatoms. The molecule has 3 aromatic rings. The molecule has 0 amide bonds. The lowest BCUT2D eigenvalue weighted by Crippen LogP contribution is -2.44. The van der Waals surface area contributed by atoms with Crippen LogP contribution in [0.5, 0.6) is 0 Å². The molecule has 1 unspecified atom stereocenters. The van der Waals surface area contributed by atoms with E-state index in [0.717, 1.165) is 38.7 Å². The van der Waals surface area contributed by atoms with Crippen molar-refractivity contribution in [2.45, 2.75) is 32.5 Å². The van der Waals surface area contributed by atoms with E-state index in [4.69, 9.17) is 0 Å². The number of piperidine rings is 1. The van der Waals surface area contributed by atoms with Gasteiger partial charge >= 0.3 is 0 Å². The minimum absolute atomic E-state index is 0. The number of thiophene rings is 1. The molecule has 172 valence electrons. The number of rotatable bonds is 8. The summed E-state index contributed by atoms with van der Waals surface area (Å²) in [6.45, 7) is 5.90. The molecular weight excluding hydrogens is 531 g/mol. The van der Waals surface area contributed by atoms with Crippen molar-refractivity contribution >= 4 is 41.3 Å². The maximum Gasteiger partial charge on any atom is 0.191 e. The van der Waals surface area contributed by atoms with Gasteiger partial charge in [-0.1, -0.05) is 30.3 Å². The molecule has 6 nitrogen and oxygen atoms in total. The molecule has 0 bridgehead atoms. The molecule has 1 fully saturated rings. The minimum Gasteiger partial charge on any atom is -0.356 e. The Bertz CT molecular complexity index is 941. The molecule has 3 heterocycles. The normalized spacial score (nSPS) is 17.0. The van der Waals surface area contributed by atoms with Crippen molar-refractivity contribution in [1.82, 2.24) is 25.3 Å². The highest BCUT2D eigenvalue weighted by atomic mass is 127. The highest BCUT2D eigenvalue weighted by molar-refractivity contribution is 14.0. The van der Waals surface area contributed by atoms with E-state index in [0.29, 0.717) is 5.92 Å². The molecule has 2 aromatic heterocycles. The zero-order valence-electron chi connectivity index (χ0n) is 18.6. The Hall–Kier alpha value is -1.91. The summed E-state index contributed by atoms with van der Waals surface area (Å²) in [5.74, 6) is 1.52. The van der Waals surface area contributed by atoms with Gasteiger partial charge in [-0.15, -0.1) is 35.3 Å². The fourth-order valence-electron chi connectivity index (χ4n) is 4.18. The van der Waals surface area contributed by atoms with Crippen LogP contribution in [0, 0.1) is 5.92 Å². The average molecular weight is 565 g/mol. The van der Waals surface area contributed by atoms with Gasteiger partial charge in [0.05, 0.1) is 6.54 Å². The van der Waals surface area contributed by atoms with E-state index in [2.05, 4.69) is 67.4 Å². The minimum atomic E-state index is 0. The van der Waals surface area contributed by atoms with Crippen molar-refractivity contribution < 1.29 is 0 Å². The van der Waals surface area contributed by atoms with Crippen LogP contribution < -0.4 is 10.6 Å². The van der Waals surface area contributed by atoms with Crippen molar-refractivity contribution in [2.24, 2.45) is 10.9 Å². The second kappa shape index (κ2) is 13.0. The van der Waals surface area contributed by atoms with Gasteiger partial charge in [0.15, 0.2) is 5.96 Å². The lowest BCUT2D eigenvalue weighted by Gasteiger charge is -2.32. The predicted octanol–water partition coefficient (Wildman–Crippen LogP) is 4.19. The molecule has 4 rings (SSSR count). The van der Waals surface area contributed by atoms with Gasteiger partial charge in [-0.3, -0.25) is 14.6 Å². The number of hydrogen-bond acceptors (Lipinski definition) is 4. The van der Waals surface area contributed by atoms with E-state index in [1.165, 1.54) is 35.4 Å². The number of hydrogen-bond donors (Lipinski definition) is 2. The zero-order valence-corrected chi connectivity index (χ0v) is 21.8. The molecule has 0 radical (unpaired) electrons. The lowest BCUT2D eigenvalue weighted by atomic mass is 9.98. The molecule has 1 aromatic carbocycles. The van der Waals surface area contributed by atoms with Gasteiger partial charge in [-0.05, 0) is 53.9 Å².